The lowest BCUT2D eigenvalue weighted by Crippen LogP contribution is -2.32. The first-order chi connectivity index (χ1) is 10.5. The monoisotopic (exact) mass is 319 g/mol. The van der Waals surface area contributed by atoms with Crippen LogP contribution in [0.4, 0.5) is 17.1 Å². The Hall–Kier alpha value is -2.60. The van der Waals surface area contributed by atoms with Crippen molar-refractivity contribution in [3.63, 3.8) is 0 Å². The lowest BCUT2D eigenvalue weighted by Gasteiger charge is -2.15. The molecule has 0 aromatic heterocycles. The van der Waals surface area contributed by atoms with Crippen molar-refractivity contribution in [2.45, 2.75) is 13.0 Å². The van der Waals surface area contributed by atoms with E-state index in [0.717, 1.165) is 5.69 Å². The molecule has 0 saturated carbocycles. The average Bonchev–Trinajstić information content (AvgIpc) is 2.49. The average molecular weight is 320 g/mol. The highest BCUT2D eigenvalue weighted by Crippen LogP contribution is 2.23. The van der Waals surface area contributed by atoms with E-state index in [0.29, 0.717) is 5.02 Å². The van der Waals surface area contributed by atoms with Crippen molar-refractivity contribution >= 4 is 34.6 Å². The number of carbonyl (C=O) groups is 1. The Bertz CT molecular complexity index is 689. The maximum absolute atomic E-state index is 12.1. The van der Waals surface area contributed by atoms with Crippen molar-refractivity contribution < 1.29 is 9.72 Å². The highest BCUT2D eigenvalue weighted by molar-refractivity contribution is 6.30. The van der Waals surface area contributed by atoms with E-state index in [1.54, 1.807) is 43.3 Å². The van der Waals surface area contributed by atoms with Crippen molar-refractivity contribution in [3.8, 4) is 0 Å². The molecule has 2 aromatic carbocycles. The number of para-hydroxylation sites is 2. The zero-order chi connectivity index (χ0) is 16.1. The summed E-state index contributed by atoms with van der Waals surface area (Å²) in [4.78, 5) is 22.5. The van der Waals surface area contributed by atoms with Gasteiger partial charge in [-0.15, -0.1) is 0 Å². The molecule has 6 nitrogen and oxygen atoms in total. The first-order valence-corrected chi connectivity index (χ1v) is 6.91. The molecule has 114 valence electrons. The van der Waals surface area contributed by atoms with Crippen LogP contribution in [0.5, 0.6) is 0 Å². The number of rotatable bonds is 5. The van der Waals surface area contributed by atoms with Crippen molar-refractivity contribution in [1.82, 2.24) is 0 Å². The summed E-state index contributed by atoms with van der Waals surface area (Å²) < 4.78 is 0. The third kappa shape index (κ3) is 3.95. The summed E-state index contributed by atoms with van der Waals surface area (Å²) in [7, 11) is 0. The van der Waals surface area contributed by atoms with Gasteiger partial charge in [-0.2, -0.15) is 0 Å². The lowest BCUT2D eigenvalue weighted by atomic mass is 10.2. The summed E-state index contributed by atoms with van der Waals surface area (Å²) in [6, 6.07) is 12.3. The van der Waals surface area contributed by atoms with E-state index in [1.165, 1.54) is 12.1 Å². The van der Waals surface area contributed by atoms with Crippen LogP contribution in [0, 0.1) is 10.1 Å². The van der Waals surface area contributed by atoms with Gasteiger partial charge in [0.15, 0.2) is 0 Å². The number of hydrogen-bond acceptors (Lipinski definition) is 4. The molecular formula is C15H14ClN3O3. The normalized spacial score (nSPS) is 11.5. The summed E-state index contributed by atoms with van der Waals surface area (Å²) in [5.74, 6) is -0.371. The van der Waals surface area contributed by atoms with Crippen LogP contribution in [0.15, 0.2) is 48.5 Å². The number of carbonyl (C=O) groups excluding carboxylic acids is 1. The van der Waals surface area contributed by atoms with Crippen LogP contribution < -0.4 is 10.6 Å². The minimum absolute atomic E-state index is 0.144. The Morgan fingerprint density at radius 1 is 1.18 bits per heavy atom. The predicted octanol–water partition coefficient (Wildman–Crippen LogP) is 3.69. The number of amides is 1. The van der Waals surface area contributed by atoms with Crippen molar-refractivity contribution in [3.05, 3.63) is 63.7 Å². The topological polar surface area (TPSA) is 84.3 Å². The van der Waals surface area contributed by atoms with Gasteiger partial charge in [-0.3, -0.25) is 14.9 Å². The number of nitro benzene ring substituents is 1. The van der Waals surface area contributed by atoms with Crippen LogP contribution >= 0.6 is 11.6 Å². The Kier molecular flexibility index (Phi) is 4.95. The molecule has 2 N–H and O–H groups in total. The zero-order valence-corrected chi connectivity index (χ0v) is 12.5. The van der Waals surface area contributed by atoms with Gasteiger partial charge >= 0.3 is 0 Å². The number of hydrogen-bond donors (Lipinski definition) is 2. The standard InChI is InChI=1S/C15H14ClN3O3/c1-10(17-12-8-6-11(16)7-9-12)15(20)18-13-4-2-3-5-14(13)19(21)22/h2-10,17H,1H3,(H,18,20). The van der Waals surface area contributed by atoms with Gasteiger partial charge in [0.25, 0.3) is 5.69 Å². The van der Waals surface area contributed by atoms with Gasteiger partial charge in [0.1, 0.15) is 11.7 Å². The summed E-state index contributed by atoms with van der Waals surface area (Å²) in [5.41, 5.74) is 0.756. The second-order valence-corrected chi connectivity index (χ2v) is 5.07. The zero-order valence-electron chi connectivity index (χ0n) is 11.7. The molecule has 1 unspecified atom stereocenters. The third-order valence-electron chi connectivity index (χ3n) is 2.98. The van der Waals surface area contributed by atoms with E-state index in [-0.39, 0.29) is 17.3 Å². The SMILES string of the molecule is CC(Nc1ccc(Cl)cc1)C(=O)Nc1ccccc1[N+](=O)[O-]. The molecule has 0 spiro atoms. The Balaban J connectivity index is 2.05. The van der Waals surface area contributed by atoms with E-state index in [2.05, 4.69) is 10.6 Å². The van der Waals surface area contributed by atoms with Crippen LogP contribution in [0.3, 0.4) is 0 Å². The van der Waals surface area contributed by atoms with Crippen LogP contribution in [0.2, 0.25) is 5.02 Å². The quantitative estimate of drug-likeness (QED) is 0.650. The first-order valence-electron chi connectivity index (χ1n) is 6.54. The molecule has 1 atom stereocenters. The van der Waals surface area contributed by atoms with Crippen LogP contribution in [-0.4, -0.2) is 16.9 Å². The van der Waals surface area contributed by atoms with Gasteiger partial charge in [-0.25, -0.2) is 0 Å². The summed E-state index contributed by atoms with van der Waals surface area (Å²) in [5, 5.41) is 17.1. The summed E-state index contributed by atoms with van der Waals surface area (Å²) >= 11 is 5.79. The van der Waals surface area contributed by atoms with Gasteiger partial charge in [0, 0.05) is 16.8 Å². The fourth-order valence-electron chi connectivity index (χ4n) is 1.84. The number of nitrogens with zero attached hydrogens (tertiary/aromatic N) is 1. The Morgan fingerprint density at radius 2 is 1.82 bits per heavy atom. The molecule has 0 radical (unpaired) electrons. The minimum atomic E-state index is -0.569. The molecule has 0 aliphatic heterocycles. The second kappa shape index (κ2) is 6.91. The second-order valence-electron chi connectivity index (χ2n) is 4.64. The lowest BCUT2D eigenvalue weighted by molar-refractivity contribution is -0.383. The van der Waals surface area contributed by atoms with Gasteiger partial charge in [0.2, 0.25) is 5.91 Å². The van der Waals surface area contributed by atoms with Crippen LogP contribution in [0.25, 0.3) is 0 Å². The van der Waals surface area contributed by atoms with Crippen molar-refractivity contribution in [1.29, 1.82) is 0 Å². The molecule has 0 fully saturated rings. The Labute approximate surface area is 132 Å². The number of nitro groups is 1. The van der Waals surface area contributed by atoms with Crippen LogP contribution in [-0.2, 0) is 4.79 Å². The largest absolute Gasteiger partial charge is 0.374 e. The number of halogens is 1. The van der Waals surface area contributed by atoms with Gasteiger partial charge in [-0.1, -0.05) is 23.7 Å². The molecule has 0 heterocycles. The molecular weight excluding hydrogens is 306 g/mol. The summed E-state index contributed by atoms with van der Waals surface area (Å²) in [6.45, 7) is 1.67. The van der Waals surface area contributed by atoms with Crippen molar-refractivity contribution in [2.75, 3.05) is 10.6 Å². The molecule has 1 amide bonds. The minimum Gasteiger partial charge on any atom is -0.374 e. The van der Waals surface area contributed by atoms with E-state index in [1.807, 2.05) is 0 Å². The highest BCUT2D eigenvalue weighted by atomic mass is 35.5. The molecule has 0 aliphatic rings. The maximum atomic E-state index is 12.1. The fourth-order valence-corrected chi connectivity index (χ4v) is 1.97. The highest BCUT2D eigenvalue weighted by Gasteiger charge is 2.18. The maximum Gasteiger partial charge on any atom is 0.292 e. The van der Waals surface area contributed by atoms with E-state index < -0.39 is 11.0 Å². The molecule has 0 aliphatic carbocycles. The molecule has 0 saturated heterocycles. The molecule has 22 heavy (non-hydrogen) atoms. The summed E-state index contributed by atoms with van der Waals surface area (Å²) in [6.07, 6.45) is 0. The molecule has 2 aromatic rings. The van der Waals surface area contributed by atoms with Crippen LogP contribution in [0.1, 0.15) is 6.92 Å². The smallest absolute Gasteiger partial charge is 0.292 e. The molecule has 2 rings (SSSR count). The van der Waals surface area contributed by atoms with E-state index >= 15 is 0 Å². The van der Waals surface area contributed by atoms with Gasteiger partial charge < -0.3 is 10.6 Å². The fraction of sp³-hybridized carbons (Fsp3) is 0.133. The third-order valence-corrected chi connectivity index (χ3v) is 3.23. The number of anilines is 2. The van der Waals surface area contributed by atoms with Gasteiger partial charge in [-0.05, 0) is 37.3 Å². The predicted molar refractivity (Wildman–Crippen MR) is 86.3 cm³/mol. The number of benzene rings is 2. The Morgan fingerprint density at radius 3 is 2.45 bits per heavy atom. The van der Waals surface area contributed by atoms with Crippen molar-refractivity contribution in [2.24, 2.45) is 0 Å². The van der Waals surface area contributed by atoms with E-state index in [4.69, 9.17) is 11.6 Å². The van der Waals surface area contributed by atoms with Gasteiger partial charge in [0.05, 0.1) is 4.92 Å². The molecule has 0 bridgehead atoms. The van der Waals surface area contributed by atoms with E-state index in [9.17, 15) is 14.9 Å². The number of nitrogens with one attached hydrogen (secondary N) is 2. The first kappa shape index (κ1) is 15.8. The molecule has 7 heteroatoms.